The Labute approximate surface area is 169 Å². The minimum absolute atomic E-state index is 0.0957. The number of carbonyl (C=O) groups is 3. The van der Waals surface area contributed by atoms with Crippen molar-refractivity contribution in [3.8, 4) is 6.07 Å². The van der Waals surface area contributed by atoms with Crippen LogP contribution in [0.3, 0.4) is 0 Å². The Morgan fingerprint density at radius 3 is 2.48 bits per heavy atom. The summed E-state index contributed by atoms with van der Waals surface area (Å²) in [5, 5.41) is 11.7. The Morgan fingerprint density at radius 1 is 1.07 bits per heavy atom. The summed E-state index contributed by atoms with van der Waals surface area (Å²) in [4.78, 5) is 40.4. The number of fused-ring (bicyclic) bond motifs is 2. The molecule has 29 heavy (non-hydrogen) atoms. The molecule has 1 aliphatic heterocycles. The zero-order chi connectivity index (χ0) is 20.4. The molecule has 1 heterocycles. The van der Waals surface area contributed by atoms with Crippen LogP contribution in [0.5, 0.6) is 0 Å². The van der Waals surface area contributed by atoms with Crippen molar-refractivity contribution in [3.05, 3.63) is 64.7 Å². The van der Waals surface area contributed by atoms with Crippen LogP contribution < -0.4 is 5.32 Å². The van der Waals surface area contributed by atoms with Crippen LogP contribution in [0.2, 0.25) is 0 Å². The van der Waals surface area contributed by atoms with E-state index >= 15 is 0 Å². The highest BCUT2D eigenvalue weighted by Gasteiger charge is 2.30. The second-order valence-electron chi connectivity index (χ2n) is 7.50. The smallest absolute Gasteiger partial charge is 0.228 e. The van der Waals surface area contributed by atoms with E-state index in [-0.39, 0.29) is 23.4 Å². The first kappa shape index (κ1) is 19.0. The van der Waals surface area contributed by atoms with Gasteiger partial charge in [-0.25, -0.2) is 0 Å². The van der Waals surface area contributed by atoms with E-state index < -0.39 is 0 Å². The lowest BCUT2D eigenvalue weighted by Gasteiger charge is -2.31. The first-order valence-electron chi connectivity index (χ1n) is 9.81. The number of ketones is 2. The van der Waals surface area contributed by atoms with E-state index in [0.29, 0.717) is 47.5 Å². The van der Waals surface area contributed by atoms with E-state index in [1.165, 1.54) is 0 Å². The molecule has 1 fully saturated rings. The maximum absolute atomic E-state index is 12.8. The van der Waals surface area contributed by atoms with Crippen molar-refractivity contribution in [1.29, 1.82) is 5.26 Å². The van der Waals surface area contributed by atoms with Crippen LogP contribution in [0, 0.1) is 17.2 Å². The molecular formula is C23H21N3O3. The normalized spacial score (nSPS) is 18.5. The van der Waals surface area contributed by atoms with Crippen LogP contribution in [0.1, 0.15) is 51.1 Å². The largest absolute Gasteiger partial charge is 0.326 e. The van der Waals surface area contributed by atoms with Gasteiger partial charge in [0.15, 0.2) is 11.6 Å². The summed E-state index contributed by atoms with van der Waals surface area (Å²) < 4.78 is 0. The third-order valence-electron chi connectivity index (χ3n) is 5.61. The number of piperidine rings is 1. The van der Waals surface area contributed by atoms with Gasteiger partial charge < -0.3 is 10.2 Å². The summed E-state index contributed by atoms with van der Waals surface area (Å²) in [6, 6.07) is 13.8. The van der Waals surface area contributed by atoms with Crippen molar-refractivity contribution >= 4 is 23.2 Å². The topological polar surface area (TPSA) is 90.3 Å². The molecule has 2 aliphatic rings. The molecule has 6 heteroatoms. The lowest BCUT2D eigenvalue weighted by Crippen LogP contribution is -2.41. The first-order chi connectivity index (χ1) is 14.1. The van der Waals surface area contributed by atoms with Crippen LogP contribution in [-0.4, -0.2) is 42.0 Å². The molecule has 2 aromatic carbocycles. The van der Waals surface area contributed by atoms with Gasteiger partial charge in [0.05, 0.1) is 12.0 Å². The summed E-state index contributed by atoms with van der Waals surface area (Å²) in [6.07, 6.45) is 2.17. The van der Waals surface area contributed by atoms with Gasteiger partial charge in [-0.05, 0) is 37.6 Å². The lowest BCUT2D eigenvalue weighted by atomic mass is 9.84. The maximum Gasteiger partial charge on any atom is 0.228 e. The standard InChI is InChI=1S/C23H21N3O3/c24-10-4-12-26-11-3-5-15(14-26)23(29)25-16-8-9-19-20(13-16)22(28)18-7-2-1-6-17(18)21(19)27/h1-2,6-9,13,15H,3-5,11-12,14H2,(H,25,29). The van der Waals surface area contributed by atoms with Crippen LogP contribution in [0.15, 0.2) is 42.5 Å². The molecule has 0 saturated carbocycles. The van der Waals surface area contributed by atoms with Crippen molar-refractivity contribution in [2.75, 3.05) is 25.0 Å². The van der Waals surface area contributed by atoms with Gasteiger partial charge >= 0.3 is 0 Å². The van der Waals surface area contributed by atoms with Gasteiger partial charge in [-0.15, -0.1) is 0 Å². The number of rotatable bonds is 4. The van der Waals surface area contributed by atoms with Gasteiger partial charge in [0.1, 0.15) is 0 Å². The van der Waals surface area contributed by atoms with Crippen molar-refractivity contribution in [3.63, 3.8) is 0 Å². The Hall–Kier alpha value is -3.30. The fourth-order valence-electron chi connectivity index (χ4n) is 4.10. The van der Waals surface area contributed by atoms with E-state index in [2.05, 4.69) is 16.3 Å². The van der Waals surface area contributed by atoms with Gasteiger partial charge in [0.2, 0.25) is 5.91 Å². The van der Waals surface area contributed by atoms with Crippen LogP contribution in [0.25, 0.3) is 0 Å². The van der Waals surface area contributed by atoms with Crippen LogP contribution >= 0.6 is 0 Å². The molecule has 1 atom stereocenters. The van der Waals surface area contributed by atoms with Gasteiger partial charge in [-0.3, -0.25) is 14.4 Å². The summed E-state index contributed by atoms with van der Waals surface area (Å²) in [6.45, 7) is 2.21. The van der Waals surface area contributed by atoms with Crippen molar-refractivity contribution in [1.82, 2.24) is 4.90 Å². The van der Waals surface area contributed by atoms with Gasteiger partial charge in [-0.2, -0.15) is 5.26 Å². The number of hydrogen-bond donors (Lipinski definition) is 1. The van der Waals surface area contributed by atoms with Crippen LogP contribution in [-0.2, 0) is 4.79 Å². The van der Waals surface area contributed by atoms with Crippen molar-refractivity contribution < 1.29 is 14.4 Å². The first-order valence-corrected chi connectivity index (χ1v) is 9.81. The van der Waals surface area contributed by atoms with Gasteiger partial charge in [-0.1, -0.05) is 24.3 Å². The maximum atomic E-state index is 12.8. The highest BCUT2D eigenvalue weighted by molar-refractivity contribution is 6.28. The average Bonchev–Trinajstić information content (AvgIpc) is 2.76. The lowest BCUT2D eigenvalue weighted by molar-refractivity contribution is -0.121. The monoisotopic (exact) mass is 387 g/mol. The zero-order valence-electron chi connectivity index (χ0n) is 16.0. The Morgan fingerprint density at radius 2 is 1.76 bits per heavy atom. The molecule has 2 aromatic rings. The number of anilines is 1. The summed E-state index contributed by atoms with van der Waals surface area (Å²) in [5.74, 6) is -0.627. The van der Waals surface area contributed by atoms with E-state index in [0.717, 1.165) is 19.4 Å². The fraction of sp³-hybridized carbons (Fsp3) is 0.304. The third-order valence-corrected chi connectivity index (χ3v) is 5.61. The number of nitrogens with zero attached hydrogens (tertiary/aromatic N) is 2. The molecule has 4 rings (SSSR count). The zero-order valence-corrected chi connectivity index (χ0v) is 16.0. The molecule has 0 bridgehead atoms. The van der Waals surface area contributed by atoms with Gasteiger partial charge in [0, 0.05) is 47.5 Å². The molecule has 1 unspecified atom stereocenters. The van der Waals surface area contributed by atoms with Crippen molar-refractivity contribution in [2.24, 2.45) is 5.92 Å². The molecule has 6 nitrogen and oxygen atoms in total. The Balaban J connectivity index is 1.51. The summed E-state index contributed by atoms with van der Waals surface area (Å²) >= 11 is 0. The summed E-state index contributed by atoms with van der Waals surface area (Å²) in [5.41, 5.74) is 2.02. The average molecular weight is 387 g/mol. The second kappa shape index (κ2) is 7.98. The Bertz CT molecular complexity index is 1040. The molecule has 1 aliphatic carbocycles. The molecule has 1 saturated heterocycles. The SMILES string of the molecule is N#CCCN1CCCC(C(=O)Nc2ccc3c(c2)C(=O)c2ccccc2C3=O)C1. The number of nitrogens with one attached hydrogen (secondary N) is 1. The Kier molecular flexibility index (Phi) is 5.24. The van der Waals surface area contributed by atoms with E-state index in [1.54, 1.807) is 42.5 Å². The quantitative estimate of drug-likeness (QED) is 0.743. The van der Waals surface area contributed by atoms with E-state index in [4.69, 9.17) is 5.26 Å². The number of amides is 1. The highest BCUT2D eigenvalue weighted by Crippen LogP contribution is 2.29. The van der Waals surface area contributed by atoms with E-state index in [1.807, 2.05) is 0 Å². The minimum atomic E-state index is -0.202. The number of hydrogen-bond acceptors (Lipinski definition) is 5. The third kappa shape index (κ3) is 3.69. The van der Waals surface area contributed by atoms with E-state index in [9.17, 15) is 14.4 Å². The number of benzene rings is 2. The molecule has 1 amide bonds. The fourth-order valence-corrected chi connectivity index (χ4v) is 4.10. The molecule has 0 aromatic heterocycles. The number of carbonyl (C=O) groups excluding carboxylic acids is 3. The number of likely N-dealkylation sites (tertiary alicyclic amines) is 1. The molecule has 1 N–H and O–H groups in total. The minimum Gasteiger partial charge on any atom is -0.326 e. The summed E-state index contributed by atoms with van der Waals surface area (Å²) in [7, 11) is 0. The predicted molar refractivity (Wildman–Crippen MR) is 108 cm³/mol. The molecular weight excluding hydrogens is 366 g/mol. The molecule has 146 valence electrons. The van der Waals surface area contributed by atoms with Gasteiger partial charge in [0.25, 0.3) is 0 Å². The molecule has 0 radical (unpaired) electrons. The number of nitriles is 1. The molecule has 0 spiro atoms. The van der Waals surface area contributed by atoms with Crippen LogP contribution in [0.4, 0.5) is 5.69 Å². The second-order valence-corrected chi connectivity index (χ2v) is 7.50. The predicted octanol–water partition coefficient (Wildman–Crippen LogP) is 3.03. The highest BCUT2D eigenvalue weighted by atomic mass is 16.2. The van der Waals surface area contributed by atoms with Crippen molar-refractivity contribution in [2.45, 2.75) is 19.3 Å².